The predicted octanol–water partition coefficient (Wildman–Crippen LogP) is 2.18. The number of carbonyl (C=O) groups is 2. The van der Waals surface area contributed by atoms with Crippen molar-refractivity contribution in [1.29, 1.82) is 0 Å². The number of aryl methyl sites for hydroxylation is 2. The van der Waals surface area contributed by atoms with E-state index >= 15 is 0 Å². The van der Waals surface area contributed by atoms with Crippen LogP contribution in [0.4, 0.5) is 0 Å². The Balaban J connectivity index is 2.42. The van der Waals surface area contributed by atoms with Gasteiger partial charge in [0.2, 0.25) is 5.91 Å². The van der Waals surface area contributed by atoms with E-state index in [0.717, 1.165) is 15.3 Å². The zero-order chi connectivity index (χ0) is 14.6. The van der Waals surface area contributed by atoms with Crippen LogP contribution in [0.3, 0.4) is 0 Å². The predicted molar refractivity (Wildman–Crippen MR) is 78.6 cm³/mol. The minimum Gasteiger partial charge on any atom is -0.354 e. The fourth-order valence-electron chi connectivity index (χ4n) is 1.68. The SMILES string of the molecule is Cc1cc(C(=O)CCC(=O)NCC(C)(C)N)c(C)s1. The van der Waals surface area contributed by atoms with Gasteiger partial charge in [0.05, 0.1) is 0 Å². The molecular formula is C14H22N2O2S. The summed E-state index contributed by atoms with van der Waals surface area (Å²) in [5.41, 5.74) is 6.09. The van der Waals surface area contributed by atoms with E-state index in [0.29, 0.717) is 6.54 Å². The zero-order valence-electron chi connectivity index (χ0n) is 12.0. The molecule has 4 nitrogen and oxygen atoms in total. The van der Waals surface area contributed by atoms with Gasteiger partial charge in [0.15, 0.2) is 5.78 Å². The first-order valence-electron chi connectivity index (χ1n) is 6.35. The molecule has 1 rings (SSSR count). The molecule has 0 bridgehead atoms. The van der Waals surface area contributed by atoms with Crippen LogP contribution in [-0.2, 0) is 4.79 Å². The first-order valence-corrected chi connectivity index (χ1v) is 7.16. The second kappa shape index (κ2) is 6.30. The highest BCUT2D eigenvalue weighted by Crippen LogP contribution is 2.22. The van der Waals surface area contributed by atoms with Crippen molar-refractivity contribution >= 4 is 23.0 Å². The van der Waals surface area contributed by atoms with Gasteiger partial charge in [-0.05, 0) is 33.8 Å². The Morgan fingerprint density at radius 1 is 1.32 bits per heavy atom. The minimum atomic E-state index is -0.430. The van der Waals surface area contributed by atoms with Gasteiger partial charge in [-0.25, -0.2) is 0 Å². The number of amides is 1. The summed E-state index contributed by atoms with van der Waals surface area (Å²) in [4.78, 5) is 25.7. The first-order chi connectivity index (χ1) is 8.69. The topological polar surface area (TPSA) is 72.2 Å². The molecule has 0 aromatic carbocycles. The summed E-state index contributed by atoms with van der Waals surface area (Å²) < 4.78 is 0. The number of hydrogen-bond donors (Lipinski definition) is 2. The fourth-order valence-corrected chi connectivity index (χ4v) is 2.63. The molecule has 0 aliphatic carbocycles. The van der Waals surface area contributed by atoms with Gasteiger partial charge in [0, 0.05) is 40.2 Å². The molecule has 0 radical (unpaired) electrons. The quantitative estimate of drug-likeness (QED) is 0.786. The Morgan fingerprint density at radius 3 is 2.42 bits per heavy atom. The minimum absolute atomic E-state index is 0.0315. The van der Waals surface area contributed by atoms with Crippen LogP contribution in [0, 0.1) is 13.8 Å². The Kier molecular flexibility index (Phi) is 5.26. The van der Waals surface area contributed by atoms with E-state index in [1.54, 1.807) is 11.3 Å². The molecule has 106 valence electrons. The molecular weight excluding hydrogens is 260 g/mol. The highest BCUT2D eigenvalue weighted by molar-refractivity contribution is 7.12. The number of carbonyl (C=O) groups excluding carboxylic acids is 2. The maximum absolute atomic E-state index is 12.0. The van der Waals surface area contributed by atoms with Crippen LogP contribution >= 0.6 is 11.3 Å². The second-order valence-electron chi connectivity index (χ2n) is 5.52. The smallest absolute Gasteiger partial charge is 0.220 e. The zero-order valence-corrected chi connectivity index (χ0v) is 12.8. The summed E-state index contributed by atoms with van der Waals surface area (Å²) in [7, 11) is 0. The maximum atomic E-state index is 12.0. The highest BCUT2D eigenvalue weighted by Gasteiger charge is 2.15. The van der Waals surface area contributed by atoms with Crippen molar-refractivity contribution in [3.8, 4) is 0 Å². The number of thiophene rings is 1. The van der Waals surface area contributed by atoms with Crippen LogP contribution in [-0.4, -0.2) is 23.8 Å². The summed E-state index contributed by atoms with van der Waals surface area (Å²) >= 11 is 1.61. The van der Waals surface area contributed by atoms with Gasteiger partial charge in [-0.2, -0.15) is 0 Å². The van der Waals surface area contributed by atoms with Gasteiger partial charge >= 0.3 is 0 Å². The molecule has 0 saturated carbocycles. The standard InChI is InChI=1S/C14H22N2O2S/c1-9-7-11(10(2)19-9)12(17)5-6-13(18)16-8-14(3,4)15/h7H,5-6,8,15H2,1-4H3,(H,16,18). The molecule has 0 fully saturated rings. The Hall–Kier alpha value is -1.20. The molecule has 0 unspecified atom stereocenters. The Morgan fingerprint density at radius 2 is 1.95 bits per heavy atom. The number of Topliss-reactive ketones (excluding diaryl/α,β-unsaturated/α-hetero) is 1. The summed E-state index contributed by atoms with van der Waals surface area (Å²) in [6.45, 7) is 8.01. The Labute approximate surface area is 118 Å². The van der Waals surface area contributed by atoms with Gasteiger partial charge < -0.3 is 11.1 Å². The van der Waals surface area contributed by atoms with E-state index in [1.165, 1.54) is 0 Å². The Bertz CT molecular complexity index is 472. The number of ketones is 1. The van der Waals surface area contributed by atoms with E-state index in [4.69, 9.17) is 5.73 Å². The van der Waals surface area contributed by atoms with Crippen molar-refractivity contribution in [3.63, 3.8) is 0 Å². The van der Waals surface area contributed by atoms with Crippen molar-refractivity contribution in [2.24, 2.45) is 5.73 Å². The number of nitrogens with one attached hydrogen (secondary N) is 1. The molecule has 19 heavy (non-hydrogen) atoms. The fraction of sp³-hybridized carbons (Fsp3) is 0.571. The van der Waals surface area contributed by atoms with Gasteiger partial charge in [0.25, 0.3) is 0 Å². The highest BCUT2D eigenvalue weighted by atomic mass is 32.1. The number of rotatable bonds is 6. The van der Waals surface area contributed by atoms with Gasteiger partial charge in [-0.3, -0.25) is 9.59 Å². The normalized spacial score (nSPS) is 11.4. The third kappa shape index (κ3) is 5.53. The molecule has 1 aromatic rings. The lowest BCUT2D eigenvalue weighted by Gasteiger charge is -2.18. The largest absolute Gasteiger partial charge is 0.354 e. The third-order valence-electron chi connectivity index (χ3n) is 2.66. The van der Waals surface area contributed by atoms with Crippen LogP contribution < -0.4 is 11.1 Å². The molecule has 0 aliphatic heterocycles. The van der Waals surface area contributed by atoms with Crippen LogP contribution in [0.25, 0.3) is 0 Å². The first kappa shape index (κ1) is 15.9. The molecule has 1 aromatic heterocycles. The lowest BCUT2D eigenvalue weighted by Crippen LogP contribution is -2.45. The summed E-state index contributed by atoms with van der Waals surface area (Å²) in [5.74, 6) is -0.0968. The maximum Gasteiger partial charge on any atom is 0.220 e. The lowest BCUT2D eigenvalue weighted by molar-refractivity contribution is -0.121. The summed E-state index contributed by atoms with van der Waals surface area (Å²) in [5, 5.41) is 2.74. The molecule has 1 heterocycles. The van der Waals surface area contributed by atoms with E-state index in [-0.39, 0.29) is 24.5 Å². The van der Waals surface area contributed by atoms with Crippen molar-refractivity contribution < 1.29 is 9.59 Å². The molecule has 5 heteroatoms. The van der Waals surface area contributed by atoms with Crippen LogP contribution in [0.1, 0.15) is 46.8 Å². The average molecular weight is 282 g/mol. The van der Waals surface area contributed by atoms with Crippen molar-refractivity contribution in [2.45, 2.75) is 46.1 Å². The lowest BCUT2D eigenvalue weighted by atomic mass is 10.1. The van der Waals surface area contributed by atoms with Crippen molar-refractivity contribution in [2.75, 3.05) is 6.54 Å². The molecule has 3 N–H and O–H groups in total. The van der Waals surface area contributed by atoms with E-state index in [9.17, 15) is 9.59 Å². The van der Waals surface area contributed by atoms with E-state index < -0.39 is 5.54 Å². The molecule has 1 amide bonds. The molecule has 0 spiro atoms. The van der Waals surface area contributed by atoms with Crippen LogP contribution in [0.2, 0.25) is 0 Å². The molecule has 0 saturated heterocycles. The van der Waals surface area contributed by atoms with E-state index in [1.807, 2.05) is 33.8 Å². The van der Waals surface area contributed by atoms with Crippen LogP contribution in [0.5, 0.6) is 0 Å². The second-order valence-corrected chi connectivity index (χ2v) is 6.98. The van der Waals surface area contributed by atoms with Gasteiger partial charge in [0.1, 0.15) is 0 Å². The molecule has 0 atom stereocenters. The van der Waals surface area contributed by atoms with E-state index in [2.05, 4.69) is 5.32 Å². The average Bonchev–Trinajstić information content (AvgIpc) is 2.61. The summed E-state index contributed by atoms with van der Waals surface area (Å²) in [6, 6.07) is 1.89. The van der Waals surface area contributed by atoms with Crippen molar-refractivity contribution in [3.05, 3.63) is 21.4 Å². The monoisotopic (exact) mass is 282 g/mol. The molecule has 0 aliphatic rings. The number of hydrogen-bond acceptors (Lipinski definition) is 4. The number of nitrogens with two attached hydrogens (primary N) is 1. The van der Waals surface area contributed by atoms with Crippen molar-refractivity contribution in [1.82, 2.24) is 5.32 Å². The van der Waals surface area contributed by atoms with Gasteiger partial charge in [-0.15, -0.1) is 11.3 Å². The van der Waals surface area contributed by atoms with Gasteiger partial charge in [-0.1, -0.05) is 0 Å². The third-order valence-corrected chi connectivity index (χ3v) is 3.63. The summed E-state index contributed by atoms with van der Waals surface area (Å²) in [6.07, 6.45) is 0.455. The van der Waals surface area contributed by atoms with Crippen LogP contribution in [0.15, 0.2) is 6.07 Å².